The Labute approximate surface area is 154 Å². The summed E-state index contributed by atoms with van der Waals surface area (Å²) < 4.78 is 70.1. The summed E-state index contributed by atoms with van der Waals surface area (Å²) in [6.07, 6.45) is -4.92. The minimum atomic E-state index is -3.76. The van der Waals surface area contributed by atoms with Gasteiger partial charge in [0, 0.05) is 25.8 Å². The van der Waals surface area contributed by atoms with E-state index in [0.29, 0.717) is 48.3 Å². The minimum absolute atomic E-state index is 0.357. The maximum absolute atomic E-state index is 15.4. The van der Waals surface area contributed by atoms with Crippen molar-refractivity contribution in [3.63, 3.8) is 0 Å². The average Bonchev–Trinajstić information content (AvgIpc) is 2.73. The number of alkyl halides is 4. The van der Waals surface area contributed by atoms with Gasteiger partial charge in [-0.05, 0) is 19.3 Å². The molecule has 0 aromatic heterocycles. The first-order valence-corrected chi connectivity index (χ1v) is 9.50. The first-order valence-electron chi connectivity index (χ1n) is 9.50. The normalized spacial score (nSPS) is 25.5. The van der Waals surface area contributed by atoms with Crippen molar-refractivity contribution in [3.05, 3.63) is 0 Å². The van der Waals surface area contributed by atoms with Crippen molar-refractivity contribution < 1.29 is 27.0 Å². The van der Waals surface area contributed by atoms with Crippen LogP contribution in [0.25, 0.3) is 0 Å². The third-order valence-corrected chi connectivity index (χ3v) is 5.15. The Kier molecular flexibility index (Phi) is 9.26. The van der Waals surface area contributed by atoms with Crippen LogP contribution in [0.1, 0.15) is 59.3 Å². The predicted octanol–water partition coefficient (Wildman–Crippen LogP) is 4.55. The minimum Gasteiger partial charge on any atom is -0.380 e. The number of hydrogen-bond donors (Lipinski definition) is 0. The van der Waals surface area contributed by atoms with Gasteiger partial charge in [0.25, 0.3) is 0 Å². The Morgan fingerprint density at radius 1 is 0.885 bits per heavy atom. The highest BCUT2D eigenvalue weighted by Crippen LogP contribution is 2.53. The van der Waals surface area contributed by atoms with E-state index in [4.69, 9.17) is 9.47 Å². The highest BCUT2D eigenvalue weighted by atomic mass is 19.3. The zero-order chi connectivity index (χ0) is 20.0. The number of methoxy groups -OCH3 is 2. The zero-order valence-corrected chi connectivity index (χ0v) is 16.6. The van der Waals surface area contributed by atoms with E-state index in [0.717, 1.165) is 0 Å². The summed E-state index contributed by atoms with van der Waals surface area (Å²) in [6, 6.07) is -0.803. The average molecular weight is 386 g/mol. The van der Waals surface area contributed by atoms with E-state index in [-0.39, 0.29) is 0 Å². The molecule has 1 saturated heterocycles. The molecule has 1 heterocycles. The van der Waals surface area contributed by atoms with E-state index >= 15 is 8.78 Å². The first-order chi connectivity index (χ1) is 12.3. The van der Waals surface area contributed by atoms with E-state index in [1.807, 2.05) is 20.8 Å². The van der Waals surface area contributed by atoms with Gasteiger partial charge in [-0.25, -0.2) is 8.78 Å². The number of nitrogens with zero attached hydrogens (tertiary/aromatic N) is 2. The molecule has 1 fully saturated rings. The molecule has 0 bridgehead atoms. The molecular weight excluding hydrogens is 352 g/mol. The molecule has 8 heteroatoms. The van der Waals surface area contributed by atoms with Gasteiger partial charge in [-0.3, -0.25) is 0 Å². The third kappa shape index (κ3) is 4.34. The zero-order valence-electron chi connectivity index (χ0n) is 16.6. The summed E-state index contributed by atoms with van der Waals surface area (Å²) in [5, 5.41) is 0. The monoisotopic (exact) mass is 386 g/mol. The van der Waals surface area contributed by atoms with E-state index in [1.165, 1.54) is 14.2 Å². The lowest BCUT2D eigenvalue weighted by atomic mass is 9.79. The Hall–Kier alpha value is -0.440. The molecule has 0 radical (unpaired) electrons. The maximum Gasteiger partial charge on any atom is 0.374 e. The lowest BCUT2D eigenvalue weighted by Crippen LogP contribution is -2.58. The molecule has 4 nitrogen and oxygen atoms in total. The summed E-state index contributed by atoms with van der Waals surface area (Å²) in [4.78, 5) is 1.12. The predicted molar refractivity (Wildman–Crippen MR) is 93.4 cm³/mol. The highest BCUT2D eigenvalue weighted by molar-refractivity contribution is 5.11. The Morgan fingerprint density at radius 3 is 1.81 bits per heavy atom. The second kappa shape index (κ2) is 10.2. The van der Waals surface area contributed by atoms with Gasteiger partial charge in [0.1, 0.15) is 0 Å². The van der Waals surface area contributed by atoms with Crippen LogP contribution in [0.5, 0.6) is 0 Å². The Balaban J connectivity index is 3.53. The largest absolute Gasteiger partial charge is 0.380 e. The van der Waals surface area contributed by atoms with E-state index in [2.05, 4.69) is 0 Å². The molecule has 26 heavy (non-hydrogen) atoms. The molecule has 3 atom stereocenters. The molecule has 0 aliphatic carbocycles. The summed E-state index contributed by atoms with van der Waals surface area (Å²) in [7, 11) is 2.54. The number of rotatable bonds is 12. The molecule has 0 aromatic carbocycles. The van der Waals surface area contributed by atoms with Crippen LogP contribution < -0.4 is 0 Å². The molecule has 0 spiro atoms. The van der Waals surface area contributed by atoms with Gasteiger partial charge in [-0.15, -0.1) is 0 Å². The van der Waals surface area contributed by atoms with E-state index < -0.39 is 43.6 Å². The molecule has 0 saturated carbocycles. The van der Waals surface area contributed by atoms with Crippen molar-refractivity contribution >= 4 is 0 Å². The second-order valence-electron chi connectivity index (χ2n) is 6.97. The van der Waals surface area contributed by atoms with Crippen LogP contribution in [0.15, 0.2) is 0 Å². The number of hydrogen-bond acceptors (Lipinski definition) is 4. The molecule has 1 aliphatic rings. The van der Waals surface area contributed by atoms with Crippen LogP contribution in [0.3, 0.4) is 0 Å². The molecule has 1 aliphatic heterocycles. The fraction of sp³-hybridized carbons (Fsp3) is 1.00. The number of halogens is 4. The molecule has 156 valence electrons. The Bertz CT molecular complexity index is 409. The van der Waals surface area contributed by atoms with Crippen molar-refractivity contribution in [1.29, 1.82) is 0 Å². The van der Waals surface area contributed by atoms with Crippen LogP contribution >= 0.6 is 0 Å². The van der Waals surface area contributed by atoms with Gasteiger partial charge in [0.2, 0.25) is 0 Å². The van der Waals surface area contributed by atoms with Crippen molar-refractivity contribution in [3.8, 4) is 0 Å². The summed E-state index contributed by atoms with van der Waals surface area (Å²) in [5.74, 6) is 0. The lowest BCUT2D eigenvalue weighted by molar-refractivity contribution is -0.281. The van der Waals surface area contributed by atoms with Gasteiger partial charge in [0.15, 0.2) is 12.6 Å². The van der Waals surface area contributed by atoms with Crippen LogP contribution in [-0.4, -0.2) is 67.6 Å². The van der Waals surface area contributed by atoms with Crippen molar-refractivity contribution in [2.75, 3.05) is 27.4 Å². The summed E-state index contributed by atoms with van der Waals surface area (Å²) >= 11 is 0. The number of ether oxygens (including phenoxy) is 2. The van der Waals surface area contributed by atoms with Crippen molar-refractivity contribution in [1.82, 2.24) is 9.80 Å². The summed E-state index contributed by atoms with van der Waals surface area (Å²) in [6.45, 7) is 4.65. The third-order valence-electron chi connectivity index (χ3n) is 5.15. The lowest BCUT2D eigenvalue weighted by Gasteiger charge is -2.43. The smallest absolute Gasteiger partial charge is 0.374 e. The molecular formula is C18H34F4N2O2. The van der Waals surface area contributed by atoms with Gasteiger partial charge in [0.05, 0.1) is 13.2 Å². The molecule has 0 amide bonds. The fourth-order valence-electron chi connectivity index (χ4n) is 4.49. The van der Waals surface area contributed by atoms with Crippen molar-refractivity contribution in [2.24, 2.45) is 0 Å². The van der Waals surface area contributed by atoms with Crippen LogP contribution in [0.2, 0.25) is 0 Å². The summed E-state index contributed by atoms with van der Waals surface area (Å²) in [5.41, 5.74) is -1.15. The van der Waals surface area contributed by atoms with Gasteiger partial charge in [-0.1, -0.05) is 40.0 Å². The standard InChI is InChI=1S/C18H34F4N2O2/c1-6-9-14-17(10-7-2,11-8-3)24(16(20)13-26-5)18(21,22)23(14)15(19)12-25-4/h14-16H,6-13H2,1-5H3. The van der Waals surface area contributed by atoms with Gasteiger partial charge in [-0.2, -0.15) is 18.6 Å². The molecule has 1 rings (SSSR count). The van der Waals surface area contributed by atoms with E-state index in [1.54, 1.807) is 0 Å². The Morgan fingerprint density at radius 2 is 1.38 bits per heavy atom. The van der Waals surface area contributed by atoms with Gasteiger partial charge < -0.3 is 9.47 Å². The van der Waals surface area contributed by atoms with Crippen molar-refractivity contribution in [2.45, 2.75) is 89.6 Å². The van der Waals surface area contributed by atoms with Crippen LogP contribution in [-0.2, 0) is 9.47 Å². The maximum atomic E-state index is 15.4. The van der Waals surface area contributed by atoms with Crippen LogP contribution in [0.4, 0.5) is 17.6 Å². The molecule has 3 unspecified atom stereocenters. The highest BCUT2D eigenvalue weighted by Gasteiger charge is 2.69. The second-order valence-corrected chi connectivity index (χ2v) is 6.97. The quantitative estimate of drug-likeness (QED) is 0.363. The van der Waals surface area contributed by atoms with E-state index in [9.17, 15) is 8.78 Å². The van der Waals surface area contributed by atoms with Gasteiger partial charge >= 0.3 is 6.17 Å². The SMILES string of the molecule is CCCC1N(C(F)COC)C(F)(F)N(C(F)COC)C1(CCC)CCC. The fourth-order valence-corrected chi connectivity index (χ4v) is 4.49. The first kappa shape index (κ1) is 23.6. The van der Waals surface area contributed by atoms with Crippen LogP contribution in [0, 0.1) is 0 Å². The molecule has 0 N–H and O–H groups in total. The molecule has 0 aromatic rings. The topological polar surface area (TPSA) is 24.9 Å².